The molecule has 1 heterocycles. The Morgan fingerprint density at radius 3 is 2.80 bits per heavy atom. The fourth-order valence-corrected chi connectivity index (χ4v) is 2.57. The third-order valence-electron chi connectivity index (χ3n) is 2.73. The maximum absolute atomic E-state index is 12.2. The van der Waals surface area contributed by atoms with Crippen LogP contribution in [0.25, 0.3) is 0 Å². The Morgan fingerprint density at radius 2 is 2.10 bits per heavy atom. The van der Waals surface area contributed by atoms with Crippen molar-refractivity contribution in [1.29, 1.82) is 0 Å². The molecule has 1 amide bonds. The van der Waals surface area contributed by atoms with Crippen LogP contribution in [-0.2, 0) is 6.54 Å². The number of amides is 1. The first-order valence-electron chi connectivity index (χ1n) is 6.18. The van der Waals surface area contributed by atoms with Crippen LogP contribution in [0.5, 0.6) is 0 Å². The van der Waals surface area contributed by atoms with E-state index in [0.717, 1.165) is 10.4 Å². The van der Waals surface area contributed by atoms with Crippen LogP contribution >= 0.6 is 11.3 Å². The van der Waals surface area contributed by atoms with Gasteiger partial charge >= 0.3 is 0 Å². The number of hydrogen-bond donors (Lipinski definition) is 1. The maximum Gasteiger partial charge on any atom is 0.253 e. The van der Waals surface area contributed by atoms with Crippen molar-refractivity contribution in [2.24, 2.45) is 0 Å². The third-order valence-corrected chi connectivity index (χ3v) is 3.63. The van der Waals surface area contributed by atoms with E-state index in [0.29, 0.717) is 12.1 Å². The first-order chi connectivity index (χ1) is 9.70. The van der Waals surface area contributed by atoms with Gasteiger partial charge in [-0.15, -0.1) is 11.3 Å². The molecule has 2 rings (SSSR count). The molecule has 4 heteroatoms. The van der Waals surface area contributed by atoms with Crippen molar-refractivity contribution < 1.29 is 9.90 Å². The van der Waals surface area contributed by atoms with E-state index in [1.807, 2.05) is 41.8 Å². The lowest BCUT2D eigenvalue weighted by molar-refractivity contribution is 0.0785. The zero-order valence-electron chi connectivity index (χ0n) is 11.2. The van der Waals surface area contributed by atoms with E-state index in [-0.39, 0.29) is 12.5 Å². The fourth-order valence-electron chi connectivity index (χ4n) is 1.80. The molecule has 20 heavy (non-hydrogen) atoms. The second kappa shape index (κ2) is 6.90. The number of carbonyl (C=O) groups excluding carboxylic acids is 1. The molecule has 0 aliphatic carbocycles. The Kier molecular flexibility index (Phi) is 4.94. The molecule has 0 radical (unpaired) electrons. The predicted molar refractivity (Wildman–Crippen MR) is 80.5 cm³/mol. The maximum atomic E-state index is 12.2. The zero-order valence-corrected chi connectivity index (χ0v) is 12.0. The minimum atomic E-state index is -0.139. The Labute approximate surface area is 122 Å². The Balaban J connectivity index is 2.02. The molecule has 0 atom stereocenters. The molecule has 102 valence electrons. The fraction of sp³-hybridized carbons (Fsp3) is 0.188. The molecule has 0 bridgehead atoms. The largest absolute Gasteiger partial charge is 0.384 e. The standard InChI is InChI=1S/C16H15NO2S/c1-17(16(19)14-6-3-2-4-7-14)11-13-10-15(20-12-13)8-5-9-18/h2-4,6-7,10,12,18H,9,11H2,1H3. The Morgan fingerprint density at radius 1 is 1.35 bits per heavy atom. The summed E-state index contributed by atoms with van der Waals surface area (Å²) in [6.07, 6.45) is 0. The first-order valence-corrected chi connectivity index (χ1v) is 7.06. The van der Waals surface area contributed by atoms with Crippen LogP contribution in [0.1, 0.15) is 20.8 Å². The molecule has 2 aromatic rings. The molecule has 1 N–H and O–H groups in total. The molecule has 0 unspecified atom stereocenters. The molecule has 1 aromatic carbocycles. The molecule has 0 saturated heterocycles. The van der Waals surface area contributed by atoms with Gasteiger partial charge in [-0.1, -0.05) is 30.0 Å². The average molecular weight is 285 g/mol. The van der Waals surface area contributed by atoms with Crippen molar-refractivity contribution in [2.45, 2.75) is 6.54 Å². The third kappa shape index (κ3) is 3.70. The first kappa shape index (κ1) is 14.3. The molecule has 0 aliphatic heterocycles. The van der Waals surface area contributed by atoms with Gasteiger partial charge in [0.15, 0.2) is 0 Å². The number of aliphatic hydroxyl groups is 1. The number of hydrogen-bond acceptors (Lipinski definition) is 3. The van der Waals surface area contributed by atoms with Crippen molar-refractivity contribution in [3.63, 3.8) is 0 Å². The minimum absolute atomic E-state index is 0.000192. The highest BCUT2D eigenvalue weighted by atomic mass is 32.1. The smallest absolute Gasteiger partial charge is 0.253 e. The highest BCUT2D eigenvalue weighted by Gasteiger charge is 2.11. The lowest BCUT2D eigenvalue weighted by Crippen LogP contribution is -2.25. The van der Waals surface area contributed by atoms with Gasteiger partial charge in [-0.05, 0) is 29.1 Å². The van der Waals surface area contributed by atoms with Crippen LogP contribution in [0, 0.1) is 11.8 Å². The summed E-state index contributed by atoms with van der Waals surface area (Å²) >= 11 is 1.52. The predicted octanol–water partition coefficient (Wildman–Crippen LogP) is 2.36. The number of nitrogens with zero attached hydrogens (tertiary/aromatic N) is 1. The van der Waals surface area contributed by atoms with E-state index >= 15 is 0 Å². The van der Waals surface area contributed by atoms with Crippen molar-refractivity contribution in [2.75, 3.05) is 13.7 Å². The normalized spacial score (nSPS) is 9.70. The van der Waals surface area contributed by atoms with Crippen LogP contribution in [0.15, 0.2) is 41.8 Å². The molecule has 3 nitrogen and oxygen atoms in total. The lowest BCUT2D eigenvalue weighted by Gasteiger charge is -2.16. The van der Waals surface area contributed by atoms with E-state index in [4.69, 9.17) is 5.11 Å². The average Bonchev–Trinajstić information content (AvgIpc) is 2.92. The summed E-state index contributed by atoms with van der Waals surface area (Å²) in [4.78, 5) is 14.8. The van der Waals surface area contributed by atoms with Crippen LogP contribution in [0.3, 0.4) is 0 Å². The molecule has 0 spiro atoms. The van der Waals surface area contributed by atoms with Gasteiger partial charge in [0.1, 0.15) is 6.61 Å². The zero-order chi connectivity index (χ0) is 14.4. The summed E-state index contributed by atoms with van der Waals surface area (Å²) in [5, 5.41) is 10.6. The Hall–Kier alpha value is -2.09. The van der Waals surface area contributed by atoms with Gasteiger partial charge in [0.25, 0.3) is 5.91 Å². The number of benzene rings is 1. The van der Waals surface area contributed by atoms with Gasteiger partial charge < -0.3 is 10.0 Å². The molecule has 0 fully saturated rings. The number of thiophene rings is 1. The number of rotatable bonds is 3. The summed E-state index contributed by atoms with van der Waals surface area (Å²) in [5.41, 5.74) is 1.73. The second-order valence-corrected chi connectivity index (χ2v) is 5.22. The summed E-state index contributed by atoms with van der Waals surface area (Å²) in [5.74, 6) is 5.48. The SMILES string of the molecule is CN(Cc1csc(C#CCO)c1)C(=O)c1ccccc1. The summed E-state index contributed by atoms with van der Waals surface area (Å²) < 4.78 is 0. The van der Waals surface area contributed by atoms with Gasteiger partial charge in [-0.3, -0.25) is 4.79 Å². The van der Waals surface area contributed by atoms with Gasteiger partial charge in [0.2, 0.25) is 0 Å². The van der Waals surface area contributed by atoms with E-state index in [9.17, 15) is 4.79 Å². The Bertz CT molecular complexity index is 637. The van der Waals surface area contributed by atoms with Gasteiger partial charge in [0, 0.05) is 19.2 Å². The van der Waals surface area contributed by atoms with Gasteiger partial charge in [-0.25, -0.2) is 0 Å². The molecule has 0 aliphatic rings. The minimum Gasteiger partial charge on any atom is -0.384 e. The van der Waals surface area contributed by atoms with E-state index < -0.39 is 0 Å². The topological polar surface area (TPSA) is 40.5 Å². The number of aliphatic hydroxyl groups excluding tert-OH is 1. The van der Waals surface area contributed by atoms with Crippen LogP contribution in [0.4, 0.5) is 0 Å². The molecule has 0 saturated carbocycles. The highest BCUT2D eigenvalue weighted by Crippen LogP contribution is 2.16. The van der Waals surface area contributed by atoms with Crippen LogP contribution in [0.2, 0.25) is 0 Å². The summed E-state index contributed by atoms with van der Waals surface area (Å²) in [6, 6.07) is 11.2. The summed E-state index contributed by atoms with van der Waals surface area (Å²) in [6.45, 7) is 0.407. The molecule has 1 aromatic heterocycles. The van der Waals surface area contributed by atoms with Gasteiger partial charge in [-0.2, -0.15) is 0 Å². The molecular formula is C16H15NO2S. The second-order valence-electron chi connectivity index (χ2n) is 4.31. The molecular weight excluding hydrogens is 270 g/mol. The number of carbonyl (C=O) groups is 1. The quantitative estimate of drug-likeness (QED) is 0.880. The highest BCUT2D eigenvalue weighted by molar-refractivity contribution is 7.10. The van der Waals surface area contributed by atoms with Crippen molar-refractivity contribution in [3.8, 4) is 11.8 Å². The van der Waals surface area contributed by atoms with E-state index in [1.165, 1.54) is 11.3 Å². The van der Waals surface area contributed by atoms with Crippen LogP contribution < -0.4 is 0 Å². The lowest BCUT2D eigenvalue weighted by atomic mass is 10.2. The van der Waals surface area contributed by atoms with Crippen molar-refractivity contribution in [3.05, 3.63) is 57.8 Å². The summed E-state index contributed by atoms with van der Waals surface area (Å²) in [7, 11) is 1.78. The monoisotopic (exact) mass is 285 g/mol. The van der Waals surface area contributed by atoms with Crippen LogP contribution in [-0.4, -0.2) is 29.6 Å². The van der Waals surface area contributed by atoms with Crippen molar-refractivity contribution in [1.82, 2.24) is 4.90 Å². The van der Waals surface area contributed by atoms with Crippen molar-refractivity contribution >= 4 is 17.2 Å². The van der Waals surface area contributed by atoms with E-state index in [2.05, 4.69) is 11.8 Å². The van der Waals surface area contributed by atoms with E-state index in [1.54, 1.807) is 11.9 Å². The van der Waals surface area contributed by atoms with Gasteiger partial charge in [0.05, 0.1) is 4.88 Å².